The van der Waals surface area contributed by atoms with Gasteiger partial charge >= 0.3 is 0 Å². The van der Waals surface area contributed by atoms with Gasteiger partial charge in [-0.15, -0.1) is 0 Å². The molecule has 1 aromatic rings. The van der Waals surface area contributed by atoms with Gasteiger partial charge in [-0.05, 0) is 26.0 Å². The Bertz CT molecular complexity index is 791. The summed E-state index contributed by atoms with van der Waals surface area (Å²) in [6.45, 7) is 5.78. The number of hydrogen-bond acceptors (Lipinski definition) is 6. The number of nitriles is 2. The molecule has 0 N–H and O–H groups in total. The molecule has 1 aliphatic carbocycles. The molecule has 0 radical (unpaired) electrons. The average molecular weight is 337 g/mol. The summed E-state index contributed by atoms with van der Waals surface area (Å²) in [5, 5.41) is 21.4. The van der Waals surface area contributed by atoms with Crippen molar-refractivity contribution in [2.75, 3.05) is 0 Å². The molecule has 3 rings (SSSR count). The van der Waals surface area contributed by atoms with Crippen LogP contribution in [-0.2, 0) is 16.1 Å². The Morgan fingerprint density at radius 2 is 2.04 bits per heavy atom. The molecule has 1 unspecified atom stereocenters. The van der Waals surface area contributed by atoms with Crippen molar-refractivity contribution in [3.05, 3.63) is 30.1 Å². The number of rotatable bonds is 3. The van der Waals surface area contributed by atoms with Crippen molar-refractivity contribution in [2.24, 2.45) is 17.3 Å². The average Bonchev–Trinajstić information content (AvgIpc) is 3.11. The Kier molecular flexibility index (Phi) is 3.85. The van der Waals surface area contributed by atoms with Gasteiger partial charge in [0.2, 0.25) is 11.8 Å². The maximum absolute atomic E-state index is 13.0. The minimum absolute atomic E-state index is 0.193. The van der Waals surface area contributed by atoms with E-state index in [1.165, 1.54) is 0 Å². The van der Waals surface area contributed by atoms with Gasteiger partial charge in [-0.25, -0.2) is 5.01 Å². The molecule has 0 aromatic carbocycles. The van der Waals surface area contributed by atoms with Crippen LogP contribution in [0.5, 0.6) is 0 Å². The topological polar surface area (TPSA) is 101 Å². The van der Waals surface area contributed by atoms with Gasteiger partial charge in [0, 0.05) is 24.1 Å². The minimum atomic E-state index is -1.33. The fraction of sp³-hybridized carbons (Fsp3) is 0.500. The molecule has 0 spiro atoms. The van der Waals surface area contributed by atoms with E-state index in [4.69, 9.17) is 0 Å². The summed E-state index contributed by atoms with van der Waals surface area (Å²) >= 11 is 0. The maximum atomic E-state index is 13.0. The van der Waals surface area contributed by atoms with E-state index in [0.29, 0.717) is 6.54 Å². The second kappa shape index (κ2) is 5.65. The first kappa shape index (κ1) is 17.1. The molecule has 7 heteroatoms. The molecule has 2 heterocycles. The normalized spacial score (nSPS) is 26.8. The molecule has 0 bridgehead atoms. The molecule has 1 aromatic heterocycles. The second-order valence-electron chi connectivity index (χ2n) is 7.27. The van der Waals surface area contributed by atoms with Gasteiger partial charge in [0.05, 0.1) is 30.3 Å². The molecule has 2 aliphatic rings. The molecule has 1 aliphatic heterocycles. The number of nitrogens with zero attached hydrogens (tertiary/aromatic N) is 5. The lowest BCUT2D eigenvalue weighted by molar-refractivity contribution is -0.162. The van der Waals surface area contributed by atoms with Crippen LogP contribution in [0.3, 0.4) is 0 Å². The van der Waals surface area contributed by atoms with Crippen LogP contribution >= 0.6 is 0 Å². The first-order valence-corrected chi connectivity index (χ1v) is 8.15. The predicted molar refractivity (Wildman–Crippen MR) is 86.6 cm³/mol. The number of imide groups is 1. The summed E-state index contributed by atoms with van der Waals surface area (Å²) in [5.41, 5.74) is -1.15. The first-order valence-electron chi connectivity index (χ1n) is 8.15. The van der Waals surface area contributed by atoms with Crippen LogP contribution in [0.4, 0.5) is 0 Å². The smallest absolute Gasteiger partial charge is 0.250 e. The second-order valence-corrected chi connectivity index (χ2v) is 7.27. The predicted octanol–water partition coefficient (Wildman–Crippen LogP) is 1.64. The van der Waals surface area contributed by atoms with Gasteiger partial charge in [0.25, 0.3) is 0 Å². The third kappa shape index (κ3) is 2.48. The summed E-state index contributed by atoms with van der Waals surface area (Å²) in [6.07, 6.45) is 1.85. The molecule has 2 atom stereocenters. The number of pyridine rings is 1. The van der Waals surface area contributed by atoms with Crippen LogP contribution in [0.25, 0.3) is 0 Å². The molecule has 1 saturated heterocycles. The van der Waals surface area contributed by atoms with Crippen molar-refractivity contribution in [1.29, 1.82) is 10.5 Å². The van der Waals surface area contributed by atoms with E-state index < -0.39 is 22.8 Å². The van der Waals surface area contributed by atoms with E-state index in [2.05, 4.69) is 4.98 Å². The van der Waals surface area contributed by atoms with Gasteiger partial charge in [-0.1, -0.05) is 13.0 Å². The largest absolute Gasteiger partial charge is 0.273 e. The van der Waals surface area contributed by atoms with Crippen molar-refractivity contribution in [1.82, 2.24) is 15.0 Å². The van der Waals surface area contributed by atoms with Crippen LogP contribution < -0.4 is 0 Å². The van der Waals surface area contributed by atoms with Crippen molar-refractivity contribution < 1.29 is 9.59 Å². The van der Waals surface area contributed by atoms with Gasteiger partial charge in [-0.3, -0.25) is 14.6 Å². The molecule has 7 nitrogen and oxygen atoms in total. The number of carbonyl (C=O) groups is 2. The zero-order chi connectivity index (χ0) is 18.4. The molecular weight excluding hydrogens is 318 g/mol. The zero-order valence-electron chi connectivity index (χ0n) is 14.4. The highest BCUT2D eigenvalue weighted by Crippen LogP contribution is 2.59. The fourth-order valence-electron chi connectivity index (χ4n) is 3.58. The number of aromatic nitrogens is 1. The Morgan fingerprint density at radius 3 is 2.56 bits per heavy atom. The van der Waals surface area contributed by atoms with Gasteiger partial charge in [0.15, 0.2) is 5.41 Å². The molecule has 1 saturated carbocycles. The summed E-state index contributed by atoms with van der Waals surface area (Å²) in [4.78, 5) is 29.8. The standard InChI is InChI=1S/C18H19N5O2/c1-12-15(18(12,10-19)11-20)16(25)23-14(24)8-17(2,3)22(23)9-13-6-4-5-7-21-13/h4-7,12,15H,8-9H2,1-3H3/t12-,15?/m0/s1. The SMILES string of the molecule is C[C@H]1C(C(=O)N2C(=O)CC(C)(C)N2Cc2ccccn2)C1(C#N)C#N. The number of hydrazine groups is 1. The third-order valence-electron chi connectivity index (χ3n) is 5.24. The van der Waals surface area contributed by atoms with E-state index in [1.54, 1.807) is 24.2 Å². The van der Waals surface area contributed by atoms with E-state index >= 15 is 0 Å². The summed E-state index contributed by atoms with van der Waals surface area (Å²) < 4.78 is 0. The van der Waals surface area contributed by atoms with E-state index in [9.17, 15) is 20.1 Å². The third-order valence-corrected chi connectivity index (χ3v) is 5.24. The van der Waals surface area contributed by atoms with Gasteiger partial charge in [0.1, 0.15) is 0 Å². The van der Waals surface area contributed by atoms with E-state index in [0.717, 1.165) is 10.7 Å². The quantitative estimate of drug-likeness (QED) is 0.777. The van der Waals surface area contributed by atoms with Crippen LogP contribution in [0.15, 0.2) is 24.4 Å². The highest BCUT2D eigenvalue weighted by Gasteiger charge is 2.70. The summed E-state index contributed by atoms with van der Waals surface area (Å²) in [7, 11) is 0. The summed E-state index contributed by atoms with van der Waals surface area (Å²) in [6, 6.07) is 9.39. The van der Waals surface area contributed by atoms with Crippen LogP contribution in [0.2, 0.25) is 0 Å². The van der Waals surface area contributed by atoms with Crippen molar-refractivity contribution >= 4 is 11.8 Å². The minimum Gasteiger partial charge on any atom is -0.273 e. The highest BCUT2D eigenvalue weighted by atomic mass is 16.2. The van der Waals surface area contributed by atoms with Crippen molar-refractivity contribution in [2.45, 2.75) is 39.3 Å². The number of hydrogen-bond donors (Lipinski definition) is 0. The Balaban J connectivity index is 1.91. The van der Waals surface area contributed by atoms with Crippen LogP contribution in [0, 0.1) is 39.9 Å². The Morgan fingerprint density at radius 1 is 1.36 bits per heavy atom. The first-order chi connectivity index (χ1) is 11.8. The van der Waals surface area contributed by atoms with Crippen molar-refractivity contribution in [3.8, 4) is 12.1 Å². The van der Waals surface area contributed by atoms with Gasteiger partial charge < -0.3 is 0 Å². The maximum Gasteiger partial charge on any atom is 0.250 e. The molecule has 2 fully saturated rings. The molecule has 128 valence electrons. The zero-order valence-corrected chi connectivity index (χ0v) is 14.4. The summed E-state index contributed by atoms with van der Waals surface area (Å²) in [5.74, 6) is -1.94. The van der Waals surface area contributed by atoms with E-state index in [-0.39, 0.29) is 18.2 Å². The van der Waals surface area contributed by atoms with Crippen LogP contribution in [-0.4, -0.2) is 32.4 Å². The van der Waals surface area contributed by atoms with Crippen molar-refractivity contribution in [3.63, 3.8) is 0 Å². The lowest BCUT2D eigenvalue weighted by atomic mass is 10.0. The van der Waals surface area contributed by atoms with Gasteiger partial charge in [-0.2, -0.15) is 15.5 Å². The number of amides is 2. The lowest BCUT2D eigenvalue weighted by Gasteiger charge is -2.35. The molecule has 2 amide bonds. The van der Waals surface area contributed by atoms with Crippen LogP contribution in [0.1, 0.15) is 32.9 Å². The number of carbonyl (C=O) groups excluding carboxylic acids is 2. The monoisotopic (exact) mass is 337 g/mol. The highest BCUT2D eigenvalue weighted by molar-refractivity contribution is 6.00. The molecule has 25 heavy (non-hydrogen) atoms. The molecular formula is C18H19N5O2. The fourth-order valence-corrected chi connectivity index (χ4v) is 3.58. The van der Waals surface area contributed by atoms with E-state index in [1.807, 2.05) is 38.1 Å². The Labute approximate surface area is 146 Å². The lowest BCUT2D eigenvalue weighted by Crippen LogP contribution is -2.50. The Hall–Kier alpha value is -2.77.